The Morgan fingerprint density at radius 1 is 0.900 bits per heavy atom. The lowest BCUT2D eigenvalue weighted by atomic mass is 10.0. The molecule has 6 nitrogen and oxygen atoms in total. The molecular weight excluding hydrogens is 400 g/mol. The summed E-state index contributed by atoms with van der Waals surface area (Å²) in [6.45, 7) is 4.84. The van der Waals surface area contributed by atoms with Gasteiger partial charge < -0.3 is 4.90 Å². The summed E-state index contributed by atoms with van der Waals surface area (Å²) < 4.78 is 27.8. The first-order valence-electron chi connectivity index (χ1n) is 10.2. The fraction of sp³-hybridized carbons (Fsp3) is 0.391. The molecule has 7 heteroatoms. The zero-order valence-electron chi connectivity index (χ0n) is 17.4. The van der Waals surface area contributed by atoms with Gasteiger partial charge in [0.2, 0.25) is 15.9 Å². The Morgan fingerprint density at radius 3 is 2.00 bits per heavy atom. The van der Waals surface area contributed by atoms with E-state index >= 15 is 0 Å². The van der Waals surface area contributed by atoms with Crippen molar-refractivity contribution in [1.82, 2.24) is 9.62 Å². The highest BCUT2D eigenvalue weighted by Gasteiger charge is 2.26. The van der Waals surface area contributed by atoms with Crippen molar-refractivity contribution in [2.24, 2.45) is 0 Å². The van der Waals surface area contributed by atoms with E-state index in [1.54, 1.807) is 41.3 Å². The topological polar surface area (TPSA) is 83.6 Å². The Hall–Kier alpha value is -2.51. The molecule has 1 saturated heterocycles. The summed E-state index contributed by atoms with van der Waals surface area (Å²) >= 11 is 0. The molecule has 0 aliphatic carbocycles. The van der Waals surface area contributed by atoms with E-state index in [1.807, 2.05) is 26.0 Å². The van der Waals surface area contributed by atoms with Crippen molar-refractivity contribution in [2.45, 2.75) is 50.5 Å². The second-order valence-corrected chi connectivity index (χ2v) is 9.59. The van der Waals surface area contributed by atoms with Crippen LogP contribution in [0.1, 0.15) is 47.2 Å². The molecule has 1 aliphatic heterocycles. The lowest BCUT2D eigenvalue weighted by Crippen LogP contribution is -2.46. The quantitative estimate of drug-likeness (QED) is 0.687. The van der Waals surface area contributed by atoms with Gasteiger partial charge in [0.15, 0.2) is 5.78 Å². The van der Waals surface area contributed by atoms with Crippen molar-refractivity contribution in [1.29, 1.82) is 0 Å². The van der Waals surface area contributed by atoms with Crippen LogP contribution < -0.4 is 4.72 Å². The summed E-state index contributed by atoms with van der Waals surface area (Å²) in [5, 5.41) is 0. The molecule has 0 bridgehead atoms. The Labute approximate surface area is 178 Å². The number of rotatable bonds is 7. The monoisotopic (exact) mass is 428 g/mol. The maximum atomic E-state index is 12.5. The number of aryl methyl sites for hydroxylation is 2. The Kier molecular flexibility index (Phi) is 7.05. The molecule has 1 aliphatic rings. The van der Waals surface area contributed by atoms with Gasteiger partial charge in [-0.2, -0.15) is 0 Å². The van der Waals surface area contributed by atoms with Gasteiger partial charge in [0, 0.05) is 37.5 Å². The molecule has 0 radical (unpaired) electrons. The number of ketones is 1. The summed E-state index contributed by atoms with van der Waals surface area (Å²) in [6, 6.07) is 13.9. The van der Waals surface area contributed by atoms with E-state index in [0.29, 0.717) is 31.5 Å². The number of nitrogens with one attached hydrogen (secondary N) is 1. The van der Waals surface area contributed by atoms with E-state index in [1.165, 1.54) is 0 Å². The number of piperidine rings is 1. The van der Waals surface area contributed by atoms with Crippen LogP contribution in [0.25, 0.3) is 0 Å². The molecule has 0 aromatic heterocycles. The molecule has 1 heterocycles. The van der Waals surface area contributed by atoms with Gasteiger partial charge >= 0.3 is 0 Å². The highest BCUT2D eigenvalue weighted by Crippen LogP contribution is 2.17. The number of nitrogens with zero attached hydrogens (tertiary/aromatic N) is 1. The number of hydrogen-bond donors (Lipinski definition) is 1. The average Bonchev–Trinajstić information content (AvgIpc) is 2.73. The van der Waals surface area contributed by atoms with E-state index in [2.05, 4.69) is 4.72 Å². The number of benzene rings is 2. The second kappa shape index (κ2) is 9.53. The molecule has 1 N–H and O–H groups in total. The fourth-order valence-corrected chi connectivity index (χ4v) is 4.82. The molecule has 2 aromatic carbocycles. The predicted molar refractivity (Wildman–Crippen MR) is 116 cm³/mol. The summed E-state index contributed by atoms with van der Waals surface area (Å²) in [5.41, 5.74) is 2.71. The summed E-state index contributed by atoms with van der Waals surface area (Å²) in [5.74, 6) is -0.0978. The van der Waals surface area contributed by atoms with Crippen molar-refractivity contribution >= 4 is 21.7 Å². The fourth-order valence-electron chi connectivity index (χ4n) is 3.51. The van der Waals surface area contributed by atoms with Crippen molar-refractivity contribution in [2.75, 3.05) is 13.1 Å². The largest absolute Gasteiger partial charge is 0.343 e. The zero-order chi connectivity index (χ0) is 21.7. The summed E-state index contributed by atoms with van der Waals surface area (Å²) in [6.07, 6.45) is 1.47. The lowest BCUT2D eigenvalue weighted by molar-refractivity contribution is -0.132. The first kappa shape index (κ1) is 22.2. The van der Waals surface area contributed by atoms with Crippen molar-refractivity contribution < 1.29 is 18.0 Å². The second-order valence-electron chi connectivity index (χ2n) is 7.88. The minimum Gasteiger partial charge on any atom is -0.343 e. The molecular formula is C23H28N2O4S. The van der Waals surface area contributed by atoms with Crippen LogP contribution in [0.15, 0.2) is 53.4 Å². The molecule has 2 aromatic rings. The van der Waals surface area contributed by atoms with Crippen LogP contribution in [0.5, 0.6) is 0 Å². The van der Waals surface area contributed by atoms with Crippen molar-refractivity contribution in [3.8, 4) is 0 Å². The van der Waals surface area contributed by atoms with Crippen molar-refractivity contribution in [3.05, 3.63) is 65.2 Å². The van der Waals surface area contributed by atoms with Gasteiger partial charge in [-0.1, -0.05) is 47.5 Å². The van der Waals surface area contributed by atoms with Crippen molar-refractivity contribution in [3.63, 3.8) is 0 Å². The van der Waals surface area contributed by atoms with Gasteiger partial charge in [-0.3, -0.25) is 9.59 Å². The highest BCUT2D eigenvalue weighted by molar-refractivity contribution is 7.89. The number of carbonyl (C=O) groups excluding carboxylic acids is 2. The third-order valence-electron chi connectivity index (χ3n) is 5.44. The number of carbonyl (C=O) groups is 2. The van der Waals surface area contributed by atoms with Crippen LogP contribution in [0.4, 0.5) is 0 Å². The first-order chi connectivity index (χ1) is 14.2. The molecule has 3 rings (SSSR count). The summed E-state index contributed by atoms with van der Waals surface area (Å²) in [4.78, 5) is 26.7. The van der Waals surface area contributed by atoms with E-state index in [9.17, 15) is 18.0 Å². The lowest BCUT2D eigenvalue weighted by Gasteiger charge is -2.32. The molecule has 0 atom stereocenters. The molecule has 0 unspecified atom stereocenters. The van der Waals surface area contributed by atoms with Gasteiger partial charge in [0.05, 0.1) is 4.90 Å². The van der Waals surface area contributed by atoms with Crippen LogP contribution in [0, 0.1) is 13.8 Å². The number of amides is 1. The maximum Gasteiger partial charge on any atom is 0.240 e. The van der Waals surface area contributed by atoms with E-state index in [0.717, 1.165) is 11.1 Å². The minimum atomic E-state index is -3.57. The SMILES string of the molecule is Cc1ccc(C(=O)CCC(=O)N2CCC(NS(=O)(=O)c3ccc(C)cc3)CC2)cc1. The van der Waals surface area contributed by atoms with Crippen LogP contribution >= 0.6 is 0 Å². The minimum absolute atomic E-state index is 0.0379. The number of sulfonamides is 1. The zero-order valence-corrected chi connectivity index (χ0v) is 18.2. The number of Topliss-reactive ketones (excluding diaryl/α,β-unsaturated/α-hetero) is 1. The molecule has 1 amide bonds. The Balaban J connectivity index is 1.46. The first-order valence-corrected chi connectivity index (χ1v) is 11.7. The maximum absolute atomic E-state index is 12.5. The van der Waals surface area contributed by atoms with Gasteiger partial charge in [0.1, 0.15) is 0 Å². The van der Waals surface area contributed by atoms with E-state index in [4.69, 9.17) is 0 Å². The Bertz CT molecular complexity index is 991. The smallest absolute Gasteiger partial charge is 0.240 e. The van der Waals surface area contributed by atoms with E-state index < -0.39 is 10.0 Å². The molecule has 0 saturated carbocycles. The van der Waals surface area contributed by atoms with Crippen LogP contribution in [-0.4, -0.2) is 44.1 Å². The van der Waals surface area contributed by atoms with Gasteiger partial charge in [0.25, 0.3) is 0 Å². The number of hydrogen-bond acceptors (Lipinski definition) is 4. The van der Waals surface area contributed by atoms with Gasteiger partial charge in [-0.05, 0) is 38.8 Å². The highest BCUT2D eigenvalue weighted by atomic mass is 32.2. The molecule has 0 spiro atoms. The van der Waals surface area contributed by atoms with E-state index in [-0.39, 0.29) is 35.5 Å². The third-order valence-corrected chi connectivity index (χ3v) is 6.98. The predicted octanol–water partition coefficient (Wildman–Crippen LogP) is 3.24. The third kappa shape index (κ3) is 5.77. The molecule has 1 fully saturated rings. The van der Waals surface area contributed by atoms with Gasteiger partial charge in [-0.25, -0.2) is 13.1 Å². The van der Waals surface area contributed by atoms with Crippen LogP contribution in [0.3, 0.4) is 0 Å². The van der Waals surface area contributed by atoms with Crippen LogP contribution in [0.2, 0.25) is 0 Å². The normalized spacial score (nSPS) is 15.2. The standard InChI is InChI=1S/C23H28N2O4S/c1-17-3-7-19(8-4-17)22(26)11-12-23(27)25-15-13-20(14-16-25)24-30(28,29)21-9-5-18(2)6-10-21/h3-10,20,24H,11-16H2,1-2H3. The number of likely N-dealkylation sites (tertiary alicyclic amines) is 1. The average molecular weight is 429 g/mol. The Morgan fingerprint density at radius 2 is 1.43 bits per heavy atom. The van der Waals surface area contributed by atoms with Crippen LogP contribution in [-0.2, 0) is 14.8 Å². The molecule has 30 heavy (non-hydrogen) atoms. The van der Waals surface area contributed by atoms with Gasteiger partial charge in [-0.15, -0.1) is 0 Å². The molecule has 160 valence electrons. The summed E-state index contributed by atoms with van der Waals surface area (Å²) in [7, 11) is -3.57.